The van der Waals surface area contributed by atoms with E-state index in [1.54, 1.807) is 18.3 Å². The molecule has 2 rings (SSSR count). The van der Waals surface area contributed by atoms with Crippen molar-refractivity contribution < 1.29 is 4.39 Å². The van der Waals surface area contributed by atoms with E-state index in [0.717, 1.165) is 24.2 Å². The summed E-state index contributed by atoms with van der Waals surface area (Å²) in [4.78, 5) is 0. The minimum Gasteiger partial charge on any atom is -0.386 e. The van der Waals surface area contributed by atoms with Crippen molar-refractivity contribution in [1.82, 2.24) is 9.78 Å². The number of hydrogen-bond acceptors (Lipinski definition) is 2. The summed E-state index contributed by atoms with van der Waals surface area (Å²) in [6, 6.07) is 6.57. The Hall–Kier alpha value is -1.55. The van der Waals surface area contributed by atoms with Crippen LogP contribution in [-0.4, -0.2) is 16.8 Å². The maximum atomic E-state index is 12.7. The first-order chi connectivity index (χ1) is 7.78. The van der Waals surface area contributed by atoms with Gasteiger partial charge in [0.1, 0.15) is 5.82 Å². The van der Waals surface area contributed by atoms with Crippen LogP contribution in [0.4, 0.5) is 10.1 Å². The molecule has 1 N–H and O–H groups in total. The molecule has 3 nitrogen and oxygen atoms in total. The zero-order chi connectivity index (χ0) is 11.4. The largest absolute Gasteiger partial charge is 0.386 e. The van der Waals surface area contributed by atoms with Crippen LogP contribution in [0.5, 0.6) is 0 Å². The minimum atomic E-state index is -0.194. The number of hydrogen-bond donors (Lipinski definition) is 1. The number of nitrogens with zero attached hydrogens (tertiary/aromatic N) is 2. The van der Waals surface area contributed by atoms with Crippen LogP contribution in [0.15, 0.2) is 36.7 Å². The van der Waals surface area contributed by atoms with E-state index in [0.29, 0.717) is 0 Å². The zero-order valence-corrected chi connectivity index (χ0v) is 10.4. The fourth-order valence-electron chi connectivity index (χ4n) is 1.51. The molecular weight excluding hydrogens is 241 g/mol. The summed E-state index contributed by atoms with van der Waals surface area (Å²) in [6.07, 6.45) is 4.58. The van der Waals surface area contributed by atoms with Crippen LogP contribution in [0.25, 0.3) is 0 Å². The summed E-state index contributed by atoms with van der Waals surface area (Å²) in [7, 11) is 1.86. The quantitative estimate of drug-likeness (QED) is 0.911. The van der Waals surface area contributed by atoms with Crippen LogP contribution in [0, 0.1) is 5.82 Å². The van der Waals surface area contributed by atoms with Crippen molar-refractivity contribution in [3.8, 4) is 0 Å². The lowest BCUT2D eigenvalue weighted by molar-refractivity contribution is 0.609. The second kappa shape index (κ2) is 6.25. The molecule has 0 aliphatic heterocycles. The second-order valence-corrected chi connectivity index (χ2v) is 3.62. The van der Waals surface area contributed by atoms with Gasteiger partial charge in [-0.05, 0) is 24.1 Å². The van der Waals surface area contributed by atoms with Gasteiger partial charge in [-0.3, -0.25) is 4.68 Å². The maximum absolute atomic E-state index is 12.7. The van der Waals surface area contributed by atoms with E-state index in [1.165, 1.54) is 12.1 Å². The van der Waals surface area contributed by atoms with E-state index in [2.05, 4.69) is 10.4 Å². The summed E-state index contributed by atoms with van der Waals surface area (Å²) >= 11 is 0. The predicted octanol–water partition coefficient (Wildman–Crippen LogP) is 2.73. The zero-order valence-electron chi connectivity index (χ0n) is 9.56. The Balaban J connectivity index is 0.00000144. The third-order valence-electron chi connectivity index (χ3n) is 2.46. The van der Waals surface area contributed by atoms with Gasteiger partial charge in [0.15, 0.2) is 0 Å². The molecule has 0 fully saturated rings. The Morgan fingerprint density at radius 2 is 2.00 bits per heavy atom. The SMILES string of the molecule is CNc1cnn(CCc2ccc(F)cc2)c1.Cl. The molecule has 0 amide bonds. The van der Waals surface area contributed by atoms with Crippen molar-refractivity contribution in [2.75, 3.05) is 12.4 Å². The number of benzene rings is 1. The molecule has 1 aromatic heterocycles. The molecule has 0 atom stereocenters. The van der Waals surface area contributed by atoms with E-state index in [9.17, 15) is 4.39 Å². The van der Waals surface area contributed by atoms with Crippen LogP contribution in [0.2, 0.25) is 0 Å². The predicted molar refractivity (Wildman–Crippen MR) is 69.1 cm³/mol. The molecule has 0 aliphatic rings. The number of anilines is 1. The van der Waals surface area contributed by atoms with Gasteiger partial charge in [0.05, 0.1) is 11.9 Å². The molecule has 0 unspecified atom stereocenters. The van der Waals surface area contributed by atoms with Crippen molar-refractivity contribution in [2.45, 2.75) is 13.0 Å². The normalized spacial score (nSPS) is 9.76. The molecule has 92 valence electrons. The Kier molecular flexibility index (Phi) is 4.97. The van der Waals surface area contributed by atoms with Crippen molar-refractivity contribution in [2.24, 2.45) is 0 Å². The molecule has 0 radical (unpaired) electrons. The van der Waals surface area contributed by atoms with Gasteiger partial charge in [-0.1, -0.05) is 12.1 Å². The number of rotatable bonds is 4. The third-order valence-corrected chi connectivity index (χ3v) is 2.46. The number of aromatic nitrogens is 2. The average molecular weight is 256 g/mol. The van der Waals surface area contributed by atoms with E-state index in [-0.39, 0.29) is 18.2 Å². The molecule has 5 heteroatoms. The van der Waals surface area contributed by atoms with E-state index >= 15 is 0 Å². The van der Waals surface area contributed by atoms with Gasteiger partial charge in [0.2, 0.25) is 0 Å². The molecule has 0 spiro atoms. The van der Waals surface area contributed by atoms with Crippen molar-refractivity contribution in [1.29, 1.82) is 0 Å². The molecule has 0 saturated heterocycles. The van der Waals surface area contributed by atoms with Gasteiger partial charge in [-0.25, -0.2) is 4.39 Å². The Morgan fingerprint density at radius 1 is 1.29 bits per heavy atom. The molecule has 1 aromatic carbocycles. The molecule has 0 saturated carbocycles. The number of halogens is 2. The van der Waals surface area contributed by atoms with Crippen molar-refractivity contribution in [3.05, 3.63) is 48.0 Å². The summed E-state index contributed by atoms with van der Waals surface area (Å²) < 4.78 is 14.5. The first-order valence-corrected chi connectivity index (χ1v) is 5.22. The molecule has 2 aromatic rings. The monoisotopic (exact) mass is 255 g/mol. The van der Waals surface area contributed by atoms with Gasteiger partial charge in [0.25, 0.3) is 0 Å². The minimum absolute atomic E-state index is 0. The Bertz CT molecular complexity index is 453. The first kappa shape index (κ1) is 13.5. The molecule has 0 aliphatic carbocycles. The summed E-state index contributed by atoms with van der Waals surface area (Å²) in [5.74, 6) is -0.194. The van der Waals surface area contributed by atoms with Crippen LogP contribution >= 0.6 is 12.4 Å². The van der Waals surface area contributed by atoms with Crippen molar-refractivity contribution >= 4 is 18.1 Å². The van der Waals surface area contributed by atoms with Gasteiger partial charge < -0.3 is 5.32 Å². The number of nitrogens with one attached hydrogen (secondary N) is 1. The fraction of sp³-hybridized carbons (Fsp3) is 0.250. The van der Waals surface area contributed by atoms with E-state index in [1.807, 2.05) is 17.9 Å². The smallest absolute Gasteiger partial charge is 0.123 e. The number of aryl methyl sites for hydroxylation is 2. The highest BCUT2D eigenvalue weighted by Crippen LogP contribution is 2.07. The van der Waals surface area contributed by atoms with Crippen LogP contribution in [0.1, 0.15) is 5.56 Å². The topological polar surface area (TPSA) is 29.9 Å². The van der Waals surface area contributed by atoms with Gasteiger partial charge >= 0.3 is 0 Å². The maximum Gasteiger partial charge on any atom is 0.123 e. The lowest BCUT2D eigenvalue weighted by Crippen LogP contribution is -2.01. The van der Waals surface area contributed by atoms with Crippen LogP contribution in [0.3, 0.4) is 0 Å². The van der Waals surface area contributed by atoms with Gasteiger partial charge in [-0.15, -0.1) is 12.4 Å². The lowest BCUT2D eigenvalue weighted by Gasteiger charge is -2.01. The van der Waals surface area contributed by atoms with E-state index in [4.69, 9.17) is 0 Å². The highest BCUT2D eigenvalue weighted by molar-refractivity contribution is 5.85. The molecular formula is C12H15ClFN3. The van der Waals surface area contributed by atoms with Gasteiger partial charge in [0, 0.05) is 19.8 Å². The van der Waals surface area contributed by atoms with Crippen LogP contribution in [-0.2, 0) is 13.0 Å². The highest BCUT2D eigenvalue weighted by Gasteiger charge is 1.98. The fourth-order valence-corrected chi connectivity index (χ4v) is 1.51. The second-order valence-electron chi connectivity index (χ2n) is 3.62. The highest BCUT2D eigenvalue weighted by atomic mass is 35.5. The lowest BCUT2D eigenvalue weighted by atomic mass is 10.1. The average Bonchev–Trinajstić information content (AvgIpc) is 2.76. The molecule has 17 heavy (non-hydrogen) atoms. The first-order valence-electron chi connectivity index (χ1n) is 5.22. The Morgan fingerprint density at radius 3 is 2.59 bits per heavy atom. The standard InChI is InChI=1S/C12H14FN3.ClH/c1-14-12-8-15-16(9-12)7-6-10-2-4-11(13)5-3-10;/h2-5,8-9,14H,6-7H2,1H3;1H. The molecule has 0 bridgehead atoms. The molecule has 1 heterocycles. The Labute approximate surface area is 106 Å². The summed E-state index contributed by atoms with van der Waals surface area (Å²) in [5, 5.41) is 7.22. The van der Waals surface area contributed by atoms with Gasteiger partial charge in [-0.2, -0.15) is 5.10 Å². The van der Waals surface area contributed by atoms with E-state index < -0.39 is 0 Å². The van der Waals surface area contributed by atoms with Crippen LogP contribution < -0.4 is 5.32 Å². The third kappa shape index (κ3) is 3.75. The summed E-state index contributed by atoms with van der Waals surface area (Å²) in [5.41, 5.74) is 2.11. The van der Waals surface area contributed by atoms with Crippen molar-refractivity contribution in [3.63, 3.8) is 0 Å². The summed E-state index contributed by atoms with van der Waals surface area (Å²) in [6.45, 7) is 0.799.